The van der Waals surface area contributed by atoms with E-state index >= 15 is 0 Å². The Morgan fingerprint density at radius 3 is 1.82 bits per heavy atom. The zero-order valence-corrected chi connectivity index (χ0v) is 14.8. The first-order valence-corrected chi connectivity index (χ1v) is 8.70. The molecule has 0 unspecified atom stereocenters. The van der Waals surface area contributed by atoms with Crippen molar-refractivity contribution in [2.75, 3.05) is 5.32 Å². The molecule has 0 bridgehead atoms. The van der Waals surface area contributed by atoms with Crippen molar-refractivity contribution in [3.8, 4) is 28.6 Å². The molecule has 28 heavy (non-hydrogen) atoms. The van der Waals surface area contributed by atoms with Crippen molar-refractivity contribution in [1.82, 2.24) is 9.97 Å². The van der Waals surface area contributed by atoms with Gasteiger partial charge in [-0.25, -0.2) is 14.4 Å². The number of nitrogens with one attached hydrogen (secondary N) is 1. The molecule has 3 aromatic carbocycles. The van der Waals surface area contributed by atoms with Gasteiger partial charge < -0.3 is 5.32 Å². The summed E-state index contributed by atoms with van der Waals surface area (Å²) in [4.78, 5) is 9.15. The lowest BCUT2D eigenvalue weighted by Gasteiger charge is -2.13. The van der Waals surface area contributed by atoms with Gasteiger partial charge in [0.1, 0.15) is 17.4 Å². The van der Waals surface area contributed by atoms with Crippen LogP contribution < -0.4 is 5.32 Å². The van der Waals surface area contributed by atoms with Crippen LogP contribution >= 0.6 is 0 Å². The first-order valence-electron chi connectivity index (χ1n) is 8.70. The quantitative estimate of drug-likeness (QED) is 0.513. The van der Waals surface area contributed by atoms with Crippen molar-refractivity contribution in [3.63, 3.8) is 0 Å². The Balaban J connectivity index is 1.92. The fourth-order valence-corrected chi connectivity index (χ4v) is 2.89. The molecular weight excluding hydrogens is 351 g/mol. The summed E-state index contributed by atoms with van der Waals surface area (Å²) in [7, 11) is 0. The number of rotatable bonds is 4. The lowest BCUT2D eigenvalue weighted by atomic mass is 10.0. The van der Waals surface area contributed by atoms with Gasteiger partial charge in [-0.2, -0.15) is 5.26 Å². The van der Waals surface area contributed by atoms with Crippen molar-refractivity contribution < 1.29 is 4.39 Å². The molecule has 1 aromatic heterocycles. The SMILES string of the molecule is N#Cc1c(-c2ccccc2)nc(Nc2ccccc2)nc1-c1ccc(F)cc1. The molecule has 0 fully saturated rings. The van der Waals surface area contributed by atoms with E-state index in [4.69, 9.17) is 0 Å². The van der Waals surface area contributed by atoms with E-state index in [1.54, 1.807) is 12.1 Å². The van der Waals surface area contributed by atoms with Crippen molar-refractivity contribution >= 4 is 11.6 Å². The number of aromatic nitrogens is 2. The maximum atomic E-state index is 13.4. The molecule has 0 saturated carbocycles. The van der Waals surface area contributed by atoms with Gasteiger partial charge in [0.2, 0.25) is 5.95 Å². The van der Waals surface area contributed by atoms with Crippen LogP contribution in [0.2, 0.25) is 0 Å². The second-order valence-corrected chi connectivity index (χ2v) is 6.10. The third-order valence-corrected chi connectivity index (χ3v) is 4.22. The third-order valence-electron chi connectivity index (χ3n) is 4.22. The standard InChI is InChI=1S/C23H15FN4/c24-18-13-11-17(12-14-18)22-20(15-25)21(16-7-3-1-4-8-16)27-23(28-22)26-19-9-5-2-6-10-19/h1-14H,(H,26,27,28). The second kappa shape index (κ2) is 7.68. The van der Waals surface area contributed by atoms with Crippen molar-refractivity contribution in [2.24, 2.45) is 0 Å². The average Bonchev–Trinajstić information content (AvgIpc) is 2.75. The molecule has 0 aliphatic heterocycles. The van der Waals surface area contributed by atoms with Gasteiger partial charge in [0.15, 0.2) is 0 Å². The number of nitrogens with zero attached hydrogens (tertiary/aromatic N) is 3. The van der Waals surface area contributed by atoms with E-state index in [2.05, 4.69) is 21.4 Å². The van der Waals surface area contributed by atoms with Crippen LogP contribution in [0.15, 0.2) is 84.9 Å². The van der Waals surface area contributed by atoms with Crippen molar-refractivity contribution in [3.05, 3.63) is 96.3 Å². The summed E-state index contributed by atoms with van der Waals surface area (Å²) < 4.78 is 13.4. The number of anilines is 2. The lowest BCUT2D eigenvalue weighted by molar-refractivity contribution is 0.628. The molecule has 1 heterocycles. The molecule has 134 valence electrons. The van der Waals surface area contributed by atoms with Gasteiger partial charge in [-0.3, -0.25) is 0 Å². The maximum Gasteiger partial charge on any atom is 0.228 e. The van der Waals surface area contributed by atoms with E-state index in [0.29, 0.717) is 28.5 Å². The number of nitriles is 1. The Hall–Kier alpha value is -4.04. The van der Waals surface area contributed by atoms with Crippen LogP contribution in [0.4, 0.5) is 16.0 Å². The molecule has 1 N–H and O–H groups in total. The number of para-hydroxylation sites is 1. The molecular formula is C23H15FN4. The summed E-state index contributed by atoms with van der Waals surface area (Å²) in [6, 6.07) is 27.2. The van der Waals surface area contributed by atoms with Gasteiger partial charge in [-0.15, -0.1) is 0 Å². The first-order chi connectivity index (χ1) is 13.7. The molecule has 4 rings (SSSR count). The fraction of sp³-hybridized carbons (Fsp3) is 0. The number of benzene rings is 3. The lowest BCUT2D eigenvalue weighted by Crippen LogP contribution is -2.04. The molecule has 0 atom stereocenters. The molecule has 0 saturated heterocycles. The Bertz CT molecular complexity index is 1140. The topological polar surface area (TPSA) is 61.6 Å². The van der Waals surface area contributed by atoms with E-state index < -0.39 is 0 Å². The van der Waals surface area contributed by atoms with Crippen LogP contribution in [0.1, 0.15) is 5.56 Å². The zero-order chi connectivity index (χ0) is 19.3. The predicted octanol–water partition coefficient (Wildman–Crippen LogP) is 5.56. The minimum Gasteiger partial charge on any atom is -0.324 e. The predicted molar refractivity (Wildman–Crippen MR) is 107 cm³/mol. The third kappa shape index (κ3) is 3.57. The molecule has 0 aliphatic carbocycles. The molecule has 4 aromatic rings. The molecule has 0 radical (unpaired) electrons. The van der Waals surface area contributed by atoms with E-state index in [0.717, 1.165) is 11.3 Å². The average molecular weight is 366 g/mol. The van der Waals surface area contributed by atoms with E-state index in [-0.39, 0.29) is 5.82 Å². The highest BCUT2D eigenvalue weighted by Gasteiger charge is 2.17. The van der Waals surface area contributed by atoms with Gasteiger partial charge in [0.25, 0.3) is 0 Å². The largest absolute Gasteiger partial charge is 0.324 e. The van der Waals surface area contributed by atoms with Crippen molar-refractivity contribution in [1.29, 1.82) is 5.26 Å². The first kappa shape index (κ1) is 17.4. The summed E-state index contributed by atoms with van der Waals surface area (Å²) in [6.45, 7) is 0. The summed E-state index contributed by atoms with van der Waals surface area (Å²) in [5.74, 6) is 0.0191. The number of hydrogen-bond donors (Lipinski definition) is 1. The Kier molecular flexibility index (Phi) is 4.77. The molecule has 5 heteroatoms. The Labute approximate surface area is 162 Å². The van der Waals surface area contributed by atoms with Gasteiger partial charge in [0, 0.05) is 16.8 Å². The zero-order valence-electron chi connectivity index (χ0n) is 14.8. The van der Waals surface area contributed by atoms with Gasteiger partial charge in [0.05, 0.1) is 11.4 Å². The Morgan fingerprint density at radius 2 is 1.25 bits per heavy atom. The minimum atomic E-state index is -0.345. The Morgan fingerprint density at radius 1 is 0.714 bits per heavy atom. The monoisotopic (exact) mass is 366 g/mol. The number of halogens is 1. The summed E-state index contributed by atoms with van der Waals surface area (Å²) in [5, 5.41) is 13.0. The van der Waals surface area contributed by atoms with Crippen LogP contribution in [-0.4, -0.2) is 9.97 Å². The second-order valence-electron chi connectivity index (χ2n) is 6.10. The smallest absolute Gasteiger partial charge is 0.228 e. The van der Waals surface area contributed by atoms with Crippen LogP contribution in [0.5, 0.6) is 0 Å². The number of hydrogen-bond acceptors (Lipinski definition) is 4. The highest BCUT2D eigenvalue weighted by Crippen LogP contribution is 2.31. The normalized spacial score (nSPS) is 10.3. The van der Waals surface area contributed by atoms with Crippen LogP contribution in [0.3, 0.4) is 0 Å². The minimum absolute atomic E-state index is 0.344. The molecule has 0 aliphatic rings. The fourth-order valence-electron chi connectivity index (χ4n) is 2.89. The van der Waals surface area contributed by atoms with Gasteiger partial charge in [-0.1, -0.05) is 48.5 Å². The summed E-state index contributed by atoms with van der Waals surface area (Å²) in [6.07, 6.45) is 0. The highest BCUT2D eigenvalue weighted by molar-refractivity contribution is 5.79. The van der Waals surface area contributed by atoms with Crippen LogP contribution in [0, 0.1) is 17.1 Å². The maximum absolute atomic E-state index is 13.4. The van der Waals surface area contributed by atoms with Gasteiger partial charge in [-0.05, 0) is 36.4 Å². The highest BCUT2D eigenvalue weighted by atomic mass is 19.1. The van der Waals surface area contributed by atoms with Gasteiger partial charge >= 0.3 is 0 Å². The molecule has 0 amide bonds. The van der Waals surface area contributed by atoms with Crippen LogP contribution in [-0.2, 0) is 0 Å². The van der Waals surface area contributed by atoms with E-state index in [1.165, 1.54) is 12.1 Å². The van der Waals surface area contributed by atoms with Crippen molar-refractivity contribution in [2.45, 2.75) is 0 Å². The van der Waals surface area contributed by atoms with Crippen LogP contribution in [0.25, 0.3) is 22.5 Å². The molecule has 0 spiro atoms. The molecule has 4 nitrogen and oxygen atoms in total. The summed E-state index contributed by atoms with van der Waals surface area (Å²) in [5.41, 5.74) is 3.60. The van der Waals surface area contributed by atoms with E-state index in [1.807, 2.05) is 60.7 Å². The summed E-state index contributed by atoms with van der Waals surface area (Å²) >= 11 is 0. The van der Waals surface area contributed by atoms with E-state index in [9.17, 15) is 9.65 Å².